The molecule has 14 nitrogen and oxygen atoms in total. The van der Waals surface area contributed by atoms with Crippen LogP contribution in [-0.4, -0.2) is 123 Å². The van der Waals surface area contributed by atoms with Gasteiger partial charge in [-0.3, -0.25) is 14.3 Å². The number of aromatic nitrogens is 3. The van der Waals surface area contributed by atoms with E-state index in [1.165, 1.54) is 6.26 Å². The number of amides is 1. The zero-order chi connectivity index (χ0) is 42.9. The van der Waals surface area contributed by atoms with Gasteiger partial charge in [0.25, 0.3) is 0 Å². The second kappa shape index (κ2) is 21.1. The van der Waals surface area contributed by atoms with Gasteiger partial charge in [0.05, 0.1) is 24.4 Å². The molecule has 3 aliphatic rings. The Kier molecular flexibility index (Phi) is 17.1. The average molecular weight is 833 g/mol. The molecule has 3 N–H and O–H groups in total. The molecule has 0 bridgehead atoms. The van der Waals surface area contributed by atoms with Crippen LogP contribution in [0.3, 0.4) is 0 Å². The molecule has 3 unspecified atom stereocenters. The number of Topliss-reactive ketones (excluding diaryl/α,β-unsaturated/α-hetero) is 1. The molecule has 0 radical (unpaired) electrons. The summed E-state index contributed by atoms with van der Waals surface area (Å²) in [6, 6.07) is 6.92. The van der Waals surface area contributed by atoms with Crippen LogP contribution in [0.2, 0.25) is 0 Å². The number of rotatable bonds is 10. The van der Waals surface area contributed by atoms with E-state index in [0.29, 0.717) is 50.9 Å². The minimum Gasteiger partial charge on any atom is -0.458 e. The molecule has 11 atom stereocenters. The van der Waals surface area contributed by atoms with E-state index in [1.54, 1.807) is 23.4 Å². The molecule has 0 aliphatic carbocycles. The number of cyclic esters (lactones) is 1. The number of nitrogens with zero attached hydrogens (tertiary/aromatic N) is 5. The lowest BCUT2D eigenvalue weighted by molar-refractivity contribution is -0.267. The third-order valence-corrected chi connectivity index (χ3v) is 11.8. The SMILES string of the molecule is CC[C@H]1OC(=O)[C@H](C)C(=O)[C@H](C)[C@@H](O[C@@H]2OC(C)CC(N(C)C)C2O)/C(C)=C/CC[C@H](C)[C@H]2N(CCCCn3cc(-c4cccc(N)c4)nn3)C(=O)O[C@]12C.CSF. The van der Waals surface area contributed by atoms with Crippen molar-refractivity contribution in [2.45, 2.75) is 142 Å². The van der Waals surface area contributed by atoms with Gasteiger partial charge in [-0.15, -0.1) is 5.10 Å². The summed E-state index contributed by atoms with van der Waals surface area (Å²) in [5.74, 6) is -2.92. The number of nitrogens with two attached hydrogens (primary N) is 1. The van der Waals surface area contributed by atoms with Gasteiger partial charge in [0.15, 0.2) is 17.7 Å². The number of ether oxygens (including phenoxy) is 4. The highest BCUT2D eigenvalue weighted by molar-refractivity contribution is 7.93. The van der Waals surface area contributed by atoms with Gasteiger partial charge in [-0.05, 0) is 104 Å². The molecule has 2 fully saturated rings. The zero-order valence-electron chi connectivity index (χ0n) is 35.8. The van der Waals surface area contributed by atoms with Crippen LogP contribution >= 0.6 is 12.1 Å². The molecule has 5 rings (SSSR count). The van der Waals surface area contributed by atoms with Crippen LogP contribution in [0.5, 0.6) is 0 Å². The normalized spacial score (nSPS) is 33.3. The number of aliphatic hydroxyl groups excluding tert-OH is 1. The lowest BCUT2D eigenvalue weighted by Gasteiger charge is -2.43. The van der Waals surface area contributed by atoms with Crippen LogP contribution in [0, 0.1) is 17.8 Å². The van der Waals surface area contributed by atoms with Gasteiger partial charge in [0.1, 0.15) is 23.8 Å². The van der Waals surface area contributed by atoms with Crippen molar-refractivity contribution in [3.05, 3.63) is 42.1 Å². The number of likely N-dealkylation sites (N-methyl/N-ethyl adjacent to an activating group) is 1. The quantitative estimate of drug-likeness (QED) is 0.0879. The topological polar surface area (TPSA) is 172 Å². The number of esters is 1. The van der Waals surface area contributed by atoms with Gasteiger partial charge in [0, 0.05) is 54.7 Å². The maximum Gasteiger partial charge on any atom is 0.410 e. The van der Waals surface area contributed by atoms with E-state index in [0.717, 1.165) is 23.3 Å². The molecule has 3 aliphatic heterocycles. The van der Waals surface area contributed by atoms with Gasteiger partial charge in [-0.1, -0.05) is 44.2 Å². The van der Waals surface area contributed by atoms with Crippen LogP contribution in [0.25, 0.3) is 11.3 Å². The van der Waals surface area contributed by atoms with Crippen molar-refractivity contribution in [2.75, 3.05) is 32.6 Å². The number of fused-ring (bicyclic) bond motifs is 1. The van der Waals surface area contributed by atoms with Crippen molar-refractivity contribution < 1.29 is 42.3 Å². The molecule has 0 saturated carbocycles. The first-order chi connectivity index (χ1) is 27.5. The van der Waals surface area contributed by atoms with Crippen molar-refractivity contribution in [1.82, 2.24) is 24.8 Å². The Morgan fingerprint density at radius 1 is 1.14 bits per heavy atom. The Morgan fingerprint density at radius 2 is 1.83 bits per heavy atom. The highest BCUT2D eigenvalue weighted by Crippen LogP contribution is 2.42. The van der Waals surface area contributed by atoms with Gasteiger partial charge >= 0.3 is 12.1 Å². The average Bonchev–Trinajstić information content (AvgIpc) is 3.75. The summed E-state index contributed by atoms with van der Waals surface area (Å²) in [5.41, 5.74) is 7.90. The third-order valence-electron chi connectivity index (χ3n) is 11.8. The number of hydrogen-bond acceptors (Lipinski definition) is 13. The van der Waals surface area contributed by atoms with Gasteiger partial charge in [-0.2, -0.15) is 3.89 Å². The standard InChI is InChI=1S/C41H62N6O8.CH3FS/c1-10-33-41(7)37(47(40(51)55-41)20-12-11-19-46-23-31(43-44-46)29-17-14-18-30(42)22-29)25(3)16-13-15-24(2)36(27(5)34(48)28(6)38(50)53-33)54-39-35(49)32(45(8)9)21-26(4)52-39;1-3-2/h14-15,17-18,22-23,25-28,32-33,35-37,39,49H,10-13,16,19-21,42H2,1-9H3;1H3/b24-15+;/t25-,26?,27-,28+,32?,33+,35?,36-,37+,39-,41+;/m0./s1. The Morgan fingerprint density at radius 3 is 2.48 bits per heavy atom. The van der Waals surface area contributed by atoms with Crippen LogP contribution in [0.4, 0.5) is 14.4 Å². The fourth-order valence-corrected chi connectivity index (χ4v) is 8.66. The molecule has 1 amide bonds. The number of benzene rings is 1. The molecule has 2 saturated heterocycles. The van der Waals surface area contributed by atoms with Crippen molar-refractivity contribution in [1.29, 1.82) is 0 Å². The van der Waals surface area contributed by atoms with Crippen LogP contribution < -0.4 is 5.73 Å². The molecule has 1 aromatic heterocycles. The lowest BCUT2D eigenvalue weighted by atomic mass is 9.79. The minimum absolute atomic E-state index is 0.0478. The molecule has 324 valence electrons. The summed E-state index contributed by atoms with van der Waals surface area (Å²) in [6.07, 6.45) is 5.05. The number of carbonyl (C=O) groups excluding carboxylic acids is 3. The molecule has 2 aromatic rings. The summed E-state index contributed by atoms with van der Waals surface area (Å²) >= 11 is 0.250. The second-order valence-corrected chi connectivity index (χ2v) is 16.7. The van der Waals surface area contributed by atoms with Crippen LogP contribution in [0.1, 0.15) is 87.0 Å². The molecule has 0 spiro atoms. The number of ketones is 1. The van der Waals surface area contributed by atoms with Crippen molar-refractivity contribution in [3.8, 4) is 11.3 Å². The summed E-state index contributed by atoms with van der Waals surface area (Å²) in [6.45, 7) is 14.1. The first-order valence-electron chi connectivity index (χ1n) is 20.4. The molecular formula is C42H65FN6O8S. The van der Waals surface area contributed by atoms with E-state index >= 15 is 0 Å². The van der Waals surface area contributed by atoms with E-state index < -0.39 is 60.1 Å². The summed E-state index contributed by atoms with van der Waals surface area (Å²) in [5, 5.41) is 19.9. The highest BCUT2D eigenvalue weighted by Gasteiger charge is 2.58. The van der Waals surface area contributed by atoms with Gasteiger partial charge in [0.2, 0.25) is 0 Å². The van der Waals surface area contributed by atoms with Gasteiger partial charge in [-0.25, -0.2) is 4.79 Å². The predicted molar refractivity (Wildman–Crippen MR) is 222 cm³/mol. The number of nitrogen functional groups attached to an aromatic ring is 1. The minimum atomic E-state index is -1.14. The number of aryl methyl sites for hydroxylation is 1. The first kappa shape index (κ1) is 47.1. The number of carbonyl (C=O) groups is 3. The maximum absolute atomic E-state index is 14.0. The smallest absolute Gasteiger partial charge is 0.410 e. The number of allylic oxidation sites excluding steroid dienone is 1. The lowest BCUT2D eigenvalue weighted by Crippen LogP contribution is -2.56. The largest absolute Gasteiger partial charge is 0.458 e. The van der Waals surface area contributed by atoms with Crippen molar-refractivity contribution >= 4 is 35.7 Å². The molecule has 58 heavy (non-hydrogen) atoms. The van der Waals surface area contributed by atoms with E-state index in [-0.39, 0.29) is 36.0 Å². The van der Waals surface area contributed by atoms with Crippen molar-refractivity contribution in [2.24, 2.45) is 17.8 Å². The monoisotopic (exact) mass is 832 g/mol. The number of hydrogen-bond donors (Lipinski definition) is 2. The molecule has 16 heteroatoms. The summed E-state index contributed by atoms with van der Waals surface area (Å²) in [7, 11) is 3.82. The van der Waals surface area contributed by atoms with Crippen molar-refractivity contribution in [3.63, 3.8) is 0 Å². The number of anilines is 1. The Balaban J connectivity index is 0.00000240. The van der Waals surface area contributed by atoms with Crippen LogP contribution in [0.15, 0.2) is 42.1 Å². The second-order valence-electron chi connectivity index (χ2n) is 16.4. The zero-order valence-corrected chi connectivity index (χ0v) is 36.6. The maximum atomic E-state index is 14.0. The van der Waals surface area contributed by atoms with Crippen LogP contribution in [-0.2, 0) is 35.1 Å². The van der Waals surface area contributed by atoms with E-state index in [4.69, 9.17) is 24.7 Å². The number of halogens is 1. The third kappa shape index (κ3) is 11.2. The van der Waals surface area contributed by atoms with E-state index in [1.807, 2.05) is 77.2 Å². The Bertz CT molecular complexity index is 1710. The fraction of sp³-hybridized carbons (Fsp3) is 0.690. The Hall–Kier alpha value is -3.57. The van der Waals surface area contributed by atoms with E-state index in [9.17, 15) is 23.4 Å². The summed E-state index contributed by atoms with van der Waals surface area (Å²) < 4.78 is 36.9. The molecule has 1 aromatic carbocycles. The predicted octanol–water partition coefficient (Wildman–Crippen LogP) is 6.47. The highest BCUT2D eigenvalue weighted by atomic mass is 32.2. The number of aliphatic hydroxyl groups is 1. The molecule has 4 heterocycles. The summed E-state index contributed by atoms with van der Waals surface area (Å²) in [4.78, 5) is 45.2. The number of unbranched alkanes of at least 4 members (excludes halogenated alkanes) is 1. The fourth-order valence-electron chi connectivity index (χ4n) is 8.66. The van der Waals surface area contributed by atoms with E-state index in [2.05, 4.69) is 23.3 Å². The van der Waals surface area contributed by atoms with Gasteiger partial charge < -0.3 is 39.6 Å². The molecular weight excluding hydrogens is 768 g/mol. The Labute approximate surface area is 347 Å². The first-order valence-corrected chi connectivity index (χ1v) is 21.6.